The third-order valence-corrected chi connectivity index (χ3v) is 5.06. The fourth-order valence-electron chi connectivity index (χ4n) is 1.98. The van der Waals surface area contributed by atoms with Crippen LogP contribution in [0.25, 0.3) is 11.0 Å². The first kappa shape index (κ1) is 13.8. The van der Waals surface area contributed by atoms with Gasteiger partial charge in [0, 0.05) is 22.4 Å². The van der Waals surface area contributed by atoms with Crippen LogP contribution >= 0.6 is 23.1 Å². The van der Waals surface area contributed by atoms with Crippen molar-refractivity contribution in [3.8, 4) is 0 Å². The number of rotatable bonds is 3. The van der Waals surface area contributed by atoms with Crippen LogP contribution in [0.4, 0.5) is 5.69 Å². The SMILES string of the molecule is Cc1cc(=O)oc2cc(Sc3sccc3[N+](=O)[O-])ccc12. The summed E-state index contributed by atoms with van der Waals surface area (Å²) >= 11 is 2.60. The third kappa shape index (κ3) is 2.70. The summed E-state index contributed by atoms with van der Waals surface area (Å²) in [6.45, 7) is 1.84. The van der Waals surface area contributed by atoms with E-state index in [0.29, 0.717) is 9.79 Å². The second-order valence-electron chi connectivity index (χ2n) is 4.36. The topological polar surface area (TPSA) is 73.3 Å². The molecule has 1 aromatic carbocycles. The summed E-state index contributed by atoms with van der Waals surface area (Å²) in [4.78, 5) is 22.7. The quantitative estimate of drug-likeness (QED) is 0.410. The number of nitro groups is 1. The van der Waals surface area contributed by atoms with Gasteiger partial charge in [0.05, 0.1) is 4.92 Å². The lowest BCUT2D eigenvalue weighted by Gasteiger charge is -2.03. The normalized spacial score (nSPS) is 10.9. The van der Waals surface area contributed by atoms with Crippen LogP contribution in [-0.2, 0) is 0 Å². The Morgan fingerprint density at radius 3 is 2.86 bits per heavy atom. The Hall–Kier alpha value is -2.12. The largest absolute Gasteiger partial charge is 0.423 e. The van der Waals surface area contributed by atoms with Crippen LogP contribution in [0.15, 0.2) is 54.0 Å². The molecule has 0 aliphatic carbocycles. The van der Waals surface area contributed by atoms with E-state index in [2.05, 4.69) is 0 Å². The summed E-state index contributed by atoms with van der Waals surface area (Å²) in [5, 5.41) is 13.5. The van der Waals surface area contributed by atoms with Gasteiger partial charge in [-0.2, -0.15) is 0 Å². The van der Waals surface area contributed by atoms with Crippen LogP contribution in [0, 0.1) is 17.0 Å². The van der Waals surface area contributed by atoms with E-state index in [1.54, 1.807) is 11.4 Å². The highest BCUT2D eigenvalue weighted by Crippen LogP contribution is 2.39. The predicted octanol–water partition coefficient (Wildman–Crippen LogP) is 4.22. The molecule has 3 aromatic rings. The van der Waals surface area contributed by atoms with Crippen LogP contribution in [0.5, 0.6) is 0 Å². The molecule has 0 fully saturated rings. The van der Waals surface area contributed by atoms with Crippen molar-refractivity contribution < 1.29 is 9.34 Å². The van der Waals surface area contributed by atoms with E-state index in [0.717, 1.165) is 15.8 Å². The van der Waals surface area contributed by atoms with Gasteiger partial charge in [0.2, 0.25) is 0 Å². The molecule has 0 radical (unpaired) electrons. The van der Waals surface area contributed by atoms with Gasteiger partial charge >= 0.3 is 5.63 Å². The molecular formula is C14H9NO4S2. The first-order valence-corrected chi connectivity index (χ1v) is 7.68. The lowest BCUT2D eigenvalue weighted by molar-refractivity contribution is -0.387. The Labute approximate surface area is 127 Å². The van der Waals surface area contributed by atoms with Crippen LogP contribution in [0.3, 0.4) is 0 Å². The fraction of sp³-hybridized carbons (Fsp3) is 0.0714. The van der Waals surface area contributed by atoms with Crippen molar-refractivity contribution in [3.63, 3.8) is 0 Å². The lowest BCUT2D eigenvalue weighted by Crippen LogP contribution is -1.97. The van der Waals surface area contributed by atoms with Gasteiger partial charge in [-0.1, -0.05) is 11.8 Å². The Morgan fingerprint density at radius 2 is 2.10 bits per heavy atom. The number of benzene rings is 1. The second kappa shape index (κ2) is 5.34. The molecule has 0 bridgehead atoms. The van der Waals surface area contributed by atoms with Gasteiger partial charge in [0.25, 0.3) is 5.69 Å². The Balaban J connectivity index is 2.03. The number of thiophene rings is 1. The summed E-state index contributed by atoms with van der Waals surface area (Å²) in [7, 11) is 0. The molecule has 7 heteroatoms. The fourth-order valence-corrected chi connectivity index (χ4v) is 3.97. The summed E-state index contributed by atoms with van der Waals surface area (Å²) in [5.74, 6) is 0. The molecule has 0 atom stereocenters. The molecule has 0 aliphatic heterocycles. The van der Waals surface area contributed by atoms with E-state index in [1.807, 2.05) is 19.1 Å². The predicted molar refractivity (Wildman–Crippen MR) is 82.3 cm³/mol. The van der Waals surface area contributed by atoms with Crippen molar-refractivity contribution >= 4 is 39.8 Å². The van der Waals surface area contributed by atoms with Gasteiger partial charge in [-0.3, -0.25) is 10.1 Å². The van der Waals surface area contributed by atoms with Crippen molar-refractivity contribution in [1.29, 1.82) is 0 Å². The zero-order valence-corrected chi connectivity index (χ0v) is 12.5. The molecule has 0 saturated heterocycles. The summed E-state index contributed by atoms with van der Waals surface area (Å²) < 4.78 is 5.79. The van der Waals surface area contributed by atoms with Gasteiger partial charge in [-0.15, -0.1) is 11.3 Å². The van der Waals surface area contributed by atoms with Gasteiger partial charge in [-0.25, -0.2) is 4.79 Å². The van der Waals surface area contributed by atoms with Crippen molar-refractivity contribution in [2.75, 3.05) is 0 Å². The number of aryl methyl sites for hydroxylation is 1. The summed E-state index contributed by atoms with van der Waals surface area (Å²) in [6.07, 6.45) is 0. The maximum Gasteiger partial charge on any atom is 0.336 e. The van der Waals surface area contributed by atoms with E-state index in [-0.39, 0.29) is 5.69 Å². The molecule has 5 nitrogen and oxygen atoms in total. The lowest BCUT2D eigenvalue weighted by atomic mass is 10.1. The molecule has 0 aliphatic rings. The molecule has 0 amide bonds. The van der Waals surface area contributed by atoms with Crippen LogP contribution < -0.4 is 5.63 Å². The first-order valence-electron chi connectivity index (χ1n) is 5.99. The molecule has 0 spiro atoms. The van der Waals surface area contributed by atoms with Crippen LogP contribution in [0.1, 0.15) is 5.56 Å². The van der Waals surface area contributed by atoms with E-state index in [9.17, 15) is 14.9 Å². The average molecular weight is 319 g/mol. The monoisotopic (exact) mass is 319 g/mol. The van der Waals surface area contributed by atoms with Gasteiger partial charge < -0.3 is 4.42 Å². The number of hydrogen-bond acceptors (Lipinski definition) is 6. The van der Waals surface area contributed by atoms with E-state index in [4.69, 9.17) is 4.42 Å². The minimum atomic E-state index is -0.399. The number of hydrogen-bond donors (Lipinski definition) is 0. The van der Waals surface area contributed by atoms with Crippen molar-refractivity contribution in [2.24, 2.45) is 0 Å². The second-order valence-corrected chi connectivity index (χ2v) is 6.62. The van der Waals surface area contributed by atoms with E-state index < -0.39 is 10.5 Å². The van der Waals surface area contributed by atoms with Crippen LogP contribution in [0.2, 0.25) is 0 Å². The molecule has 2 heterocycles. The van der Waals surface area contributed by atoms with Crippen molar-refractivity contribution in [3.05, 3.63) is 61.8 Å². The summed E-state index contributed by atoms with van der Waals surface area (Å²) in [6, 6.07) is 8.38. The maximum atomic E-state index is 11.4. The Kier molecular flexibility index (Phi) is 3.52. The maximum absolute atomic E-state index is 11.4. The standard InChI is InChI=1S/C14H9NO4S2/c1-8-6-13(16)19-12-7-9(2-3-10(8)12)21-14-11(15(17)18)4-5-20-14/h2-7H,1H3. The third-order valence-electron chi connectivity index (χ3n) is 2.94. The smallest absolute Gasteiger partial charge is 0.336 e. The minimum Gasteiger partial charge on any atom is -0.423 e. The molecule has 2 aromatic heterocycles. The van der Waals surface area contributed by atoms with E-state index >= 15 is 0 Å². The molecule has 0 N–H and O–H groups in total. The highest BCUT2D eigenvalue weighted by atomic mass is 32.2. The molecule has 21 heavy (non-hydrogen) atoms. The van der Waals surface area contributed by atoms with Crippen molar-refractivity contribution in [1.82, 2.24) is 0 Å². The molecule has 0 saturated carbocycles. The Morgan fingerprint density at radius 1 is 1.29 bits per heavy atom. The van der Waals surface area contributed by atoms with Crippen molar-refractivity contribution in [2.45, 2.75) is 16.0 Å². The number of fused-ring (bicyclic) bond motifs is 1. The van der Waals surface area contributed by atoms with Crippen LogP contribution in [-0.4, -0.2) is 4.92 Å². The highest BCUT2D eigenvalue weighted by Gasteiger charge is 2.16. The Bertz CT molecular complexity index is 897. The zero-order chi connectivity index (χ0) is 15.0. The summed E-state index contributed by atoms with van der Waals surface area (Å²) in [5.41, 5.74) is 1.03. The number of nitrogens with zero attached hydrogens (tertiary/aromatic N) is 1. The van der Waals surface area contributed by atoms with Gasteiger partial charge in [-0.05, 0) is 36.1 Å². The first-order chi connectivity index (χ1) is 10.0. The minimum absolute atomic E-state index is 0.0933. The molecule has 0 unspecified atom stereocenters. The average Bonchev–Trinajstić information content (AvgIpc) is 2.86. The highest BCUT2D eigenvalue weighted by molar-refractivity contribution is 8.01. The molecule has 106 valence electrons. The van der Waals surface area contributed by atoms with E-state index in [1.165, 1.54) is 35.2 Å². The zero-order valence-electron chi connectivity index (χ0n) is 10.9. The van der Waals surface area contributed by atoms with Gasteiger partial charge in [0.1, 0.15) is 9.79 Å². The molecular weight excluding hydrogens is 310 g/mol. The van der Waals surface area contributed by atoms with Gasteiger partial charge in [0.15, 0.2) is 0 Å². The molecule has 3 rings (SSSR count).